The van der Waals surface area contributed by atoms with Gasteiger partial charge in [0.25, 0.3) is 5.91 Å². The molecule has 0 aliphatic heterocycles. The Bertz CT molecular complexity index is 595. The molecule has 0 radical (unpaired) electrons. The third-order valence-corrected chi connectivity index (χ3v) is 4.41. The van der Waals surface area contributed by atoms with E-state index in [4.69, 9.17) is 9.88 Å². The third-order valence-electron chi connectivity index (χ3n) is 3.53. The van der Waals surface area contributed by atoms with Crippen molar-refractivity contribution in [2.75, 3.05) is 20.8 Å². The molecular formula is C13H23N3O4S. The van der Waals surface area contributed by atoms with E-state index in [1.807, 2.05) is 13.8 Å². The van der Waals surface area contributed by atoms with Crippen LogP contribution in [0.4, 0.5) is 0 Å². The number of nitrogens with zero attached hydrogens (tertiary/aromatic N) is 2. The first kappa shape index (κ1) is 17.7. The molecule has 1 heterocycles. The van der Waals surface area contributed by atoms with E-state index in [2.05, 4.69) is 0 Å². The van der Waals surface area contributed by atoms with Crippen molar-refractivity contribution in [2.45, 2.75) is 37.8 Å². The summed E-state index contributed by atoms with van der Waals surface area (Å²) in [6, 6.07) is 1.37. The molecule has 120 valence electrons. The SMILES string of the molecule is CCC(C)N(C)C(=O)c1cc(S(N)(=O)=O)cn1CCOC. The molecule has 1 aromatic heterocycles. The fourth-order valence-corrected chi connectivity index (χ4v) is 2.40. The standard InChI is InChI=1S/C13H23N3O4S/c1-5-10(2)15(3)13(17)12-8-11(21(14,18)19)9-16(12)6-7-20-4/h8-10H,5-7H2,1-4H3,(H2,14,18,19). The Labute approximate surface area is 125 Å². The van der Waals surface area contributed by atoms with Crippen molar-refractivity contribution < 1.29 is 17.9 Å². The summed E-state index contributed by atoms with van der Waals surface area (Å²) in [5.41, 5.74) is 0.291. The lowest BCUT2D eigenvalue weighted by Gasteiger charge is -2.24. The average molecular weight is 317 g/mol. The highest BCUT2D eigenvalue weighted by molar-refractivity contribution is 7.89. The number of ether oxygens (including phenoxy) is 1. The van der Waals surface area contributed by atoms with Crippen LogP contribution in [0.25, 0.3) is 0 Å². The molecule has 0 aliphatic rings. The summed E-state index contributed by atoms with van der Waals surface area (Å²) in [6.07, 6.45) is 2.18. The Kier molecular flexibility index (Phi) is 5.94. The predicted molar refractivity (Wildman–Crippen MR) is 79.5 cm³/mol. The number of amides is 1. The van der Waals surface area contributed by atoms with Gasteiger partial charge in [0.15, 0.2) is 0 Å². The van der Waals surface area contributed by atoms with Gasteiger partial charge in [0.1, 0.15) is 10.6 Å². The summed E-state index contributed by atoms with van der Waals surface area (Å²) < 4.78 is 29.5. The first-order chi connectivity index (χ1) is 9.72. The van der Waals surface area contributed by atoms with E-state index < -0.39 is 10.0 Å². The number of hydrogen-bond donors (Lipinski definition) is 1. The van der Waals surface area contributed by atoms with E-state index in [-0.39, 0.29) is 16.8 Å². The number of rotatable bonds is 7. The Hall–Kier alpha value is -1.38. The molecule has 1 atom stereocenters. The number of hydrogen-bond acceptors (Lipinski definition) is 4. The van der Waals surface area contributed by atoms with Gasteiger partial charge in [0, 0.05) is 32.9 Å². The van der Waals surface area contributed by atoms with Crippen molar-refractivity contribution in [3.8, 4) is 0 Å². The monoisotopic (exact) mass is 317 g/mol. The first-order valence-electron chi connectivity index (χ1n) is 6.71. The number of primary sulfonamides is 1. The number of carbonyl (C=O) groups excluding carboxylic acids is 1. The summed E-state index contributed by atoms with van der Waals surface area (Å²) in [6.45, 7) is 4.66. The van der Waals surface area contributed by atoms with Crippen molar-refractivity contribution >= 4 is 15.9 Å². The number of methoxy groups -OCH3 is 1. The molecule has 0 bridgehead atoms. The number of carbonyl (C=O) groups is 1. The van der Waals surface area contributed by atoms with Crippen LogP contribution in [0.1, 0.15) is 30.8 Å². The maximum absolute atomic E-state index is 12.5. The average Bonchev–Trinajstić information content (AvgIpc) is 2.86. The first-order valence-corrected chi connectivity index (χ1v) is 8.26. The quantitative estimate of drug-likeness (QED) is 0.799. The molecule has 1 rings (SSSR count). The van der Waals surface area contributed by atoms with Crippen LogP contribution in [0.2, 0.25) is 0 Å². The lowest BCUT2D eigenvalue weighted by molar-refractivity contribution is 0.0727. The van der Waals surface area contributed by atoms with Gasteiger partial charge < -0.3 is 14.2 Å². The summed E-state index contributed by atoms with van der Waals surface area (Å²) in [4.78, 5) is 14.0. The molecule has 0 spiro atoms. The van der Waals surface area contributed by atoms with Crippen LogP contribution in [-0.2, 0) is 21.3 Å². The van der Waals surface area contributed by atoms with Crippen LogP contribution in [0, 0.1) is 0 Å². The Morgan fingerprint density at radius 3 is 2.62 bits per heavy atom. The fourth-order valence-electron chi connectivity index (χ4n) is 1.85. The van der Waals surface area contributed by atoms with Gasteiger partial charge >= 0.3 is 0 Å². The molecule has 1 amide bonds. The molecule has 1 unspecified atom stereocenters. The lowest BCUT2D eigenvalue weighted by atomic mass is 10.2. The van der Waals surface area contributed by atoms with Gasteiger partial charge in [-0.15, -0.1) is 0 Å². The van der Waals surface area contributed by atoms with Crippen LogP contribution >= 0.6 is 0 Å². The second kappa shape index (κ2) is 7.06. The molecule has 0 saturated heterocycles. The molecule has 0 fully saturated rings. The van der Waals surface area contributed by atoms with E-state index in [0.29, 0.717) is 18.8 Å². The maximum Gasteiger partial charge on any atom is 0.270 e. The van der Waals surface area contributed by atoms with E-state index in [0.717, 1.165) is 6.42 Å². The largest absolute Gasteiger partial charge is 0.383 e. The van der Waals surface area contributed by atoms with Crippen molar-refractivity contribution in [2.24, 2.45) is 5.14 Å². The van der Waals surface area contributed by atoms with Gasteiger partial charge in [-0.3, -0.25) is 4.79 Å². The fraction of sp³-hybridized carbons (Fsp3) is 0.615. The van der Waals surface area contributed by atoms with Crippen LogP contribution in [0.15, 0.2) is 17.2 Å². The van der Waals surface area contributed by atoms with Gasteiger partial charge in [-0.05, 0) is 19.4 Å². The summed E-state index contributed by atoms with van der Waals surface area (Å²) >= 11 is 0. The minimum absolute atomic E-state index is 0.0567. The molecule has 0 aromatic carbocycles. The van der Waals surface area contributed by atoms with E-state index >= 15 is 0 Å². The molecule has 0 saturated carbocycles. The van der Waals surface area contributed by atoms with Gasteiger partial charge in [0.2, 0.25) is 10.0 Å². The third kappa shape index (κ3) is 4.29. The van der Waals surface area contributed by atoms with Crippen molar-refractivity contribution in [1.82, 2.24) is 9.47 Å². The molecule has 8 heteroatoms. The summed E-state index contributed by atoms with van der Waals surface area (Å²) in [5, 5.41) is 5.13. The highest BCUT2D eigenvalue weighted by atomic mass is 32.2. The lowest BCUT2D eigenvalue weighted by Crippen LogP contribution is -2.35. The zero-order valence-electron chi connectivity index (χ0n) is 12.9. The molecule has 21 heavy (non-hydrogen) atoms. The van der Waals surface area contributed by atoms with Crippen molar-refractivity contribution in [3.63, 3.8) is 0 Å². The van der Waals surface area contributed by atoms with Crippen LogP contribution < -0.4 is 5.14 Å². The van der Waals surface area contributed by atoms with E-state index in [1.54, 1.807) is 16.5 Å². The second-order valence-corrected chi connectivity index (χ2v) is 6.53. The molecule has 7 nitrogen and oxygen atoms in total. The number of nitrogens with two attached hydrogens (primary N) is 1. The minimum atomic E-state index is -3.85. The van der Waals surface area contributed by atoms with Gasteiger partial charge in [-0.1, -0.05) is 6.92 Å². The van der Waals surface area contributed by atoms with E-state index in [1.165, 1.54) is 19.4 Å². The molecule has 0 aliphatic carbocycles. The Balaban J connectivity index is 3.19. The zero-order chi connectivity index (χ0) is 16.2. The smallest absolute Gasteiger partial charge is 0.270 e. The molecule has 2 N–H and O–H groups in total. The van der Waals surface area contributed by atoms with Crippen LogP contribution in [-0.4, -0.2) is 50.6 Å². The number of sulfonamides is 1. The van der Waals surface area contributed by atoms with Crippen LogP contribution in [0.3, 0.4) is 0 Å². The Morgan fingerprint density at radius 1 is 1.52 bits per heavy atom. The number of aromatic nitrogens is 1. The summed E-state index contributed by atoms with van der Waals surface area (Å²) in [5.74, 6) is -0.240. The Morgan fingerprint density at radius 2 is 2.14 bits per heavy atom. The zero-order valence-corrected chi connectivity index (χ0v) is 13.7. The molecule has 1 aromatic rings. The normalized spacial score (nSPS) is 13.2. The minimum Gasteiger partial charge on any atom is -0.383 e. The highest BCUT2D eigenvalue weighted by Crippen LogP contribution is 2.16. The van der Waals surface area contributed by atoms with Gasteiger partial charge in [0.05, 0.1) is 6.61 Å². The topological polar surface area (TPSA) is 94.6 Å². The van der Waals surface area contributed by atoms with E-state index in [9.17, 15) is 13.2 Å². The maximum atomic E-state index is 12.5. The van der Waals surface area contributed by atoms with Crippen LogP contribution in [0.5, 0.6) is 0 Å². The van der Waals surface area contributed by atoms with Crippen molar-refractivity contribution in [3.05, 3.63) is 18.0 Å². The van der Waals surface area contributed by atoms with Gasteiger partial charge in [-0.25, -0.2) is 13.6 Å². The van der Waals surface area contributed by atoms with Crippen molar-refractivity contribution in [1.29, 1.82) is 0 Å². The summed E-state index contributed by atoms with van der Waals surface area (Å²) in [7, 11) is -0.613. The predicted octanol–water partition coefficient (Wildman–Crippen LogP) is 0.652. The highest BCUT2D eigenvalue weighted by Gasteiger charge is 2.23. The second-order valence-electron chi connectivity index (χ2n) is 4.97. The molecular weight excluding hydrogens is 294 g/mol. The van der Waals surface area contributed by atoms with Gasteiger partial charge in [-0.2, -0.15) is 0 Å².